The van der Waals surface area contributed by atoms with Crippen LogP contribution in [0.5, 0.6) is 0 Å². The number of nitrogens with zero attached hydrogens (tertiary/aromatic N) is 1. The average Bonchev–Trinajstić information content (AvgIpc) is 2.87. The van der Waals surface area contributed by atoms with E-state index in [0.717, 1.165) is 6.20 Å². The Hall–Kier alpha value is -1.77. The molecule has 0 saturated carbocycles. The number of benzene rings is 1. The van der Waals surface area contributed by atoms with Crippen molar-refractivity contribution >= 4 is 44.9 Å². The molecule has 0 aliphatic carbocycles. The molecular weight excluding hydrogens is 353 g/mol. The number of sulfonamides is 1. The smallest absolute Gasteiger partial charge is 0.342 e. The van der Waals surface area contributed by atoms with Crippen molar-refractivity contribution < 1.29 is 17.9 Å². The van der Waals surface area contributed by atoms with Gasteiger partial charge >= 0.3 is 5.97 Å². The fourth-order valence-electron chi connectivity index (χ4n) is 1.65. The molecule has 2 N–H and O–H groups in total. The van der Waals surface area contributed by atoms with Crippen molar-refractivity contribution in [3.8, 4) is 0 Å². The first kappa shape index (κ1) is 16.6. The average molecular weight is 364 g/mol. The van der Waals surface area contributed by atoms with Crippen LogP contribution >= 0.6 is 23.2 Å². The molecule has 0 saturated heterocycles. The van der Waals surface area contributed by atoms with E-state index in [1.165, 1.54) is 18.2 Å². The highest BCUT2D eigenvalue weighted by Crippen LogP contribution is 2.25. The van der Waals surface area contributed by atoms with E-state index in [9.17, 15) is 13.2 Å². The summed E-state index contributed by atoms with van der Waals surface area (Å²) in [5.74, 6) is -0.791. The molecule has 118 valence electrons. The lowest BCUT2D eigenvalue weighted by atomic mass is 10.3. The number of aromatic amines is 1. The van der Waals surface area contributed by atoms with E-state index in [2.05, 4.69) is 14.9 Å². The molecule has 10 heteroatoms. The Morgan fingerprint density at radius 2 is 1.95 bits per heavy atom. The number of anilines is 1. The summed E-state index contributed by atoms with van der Waals surface area (Å²) < 4.78 is 31.7. The highest BCUT2D eigenvalue weighted by Gasteiger charge is 2.26. The number of rotatable bonds is 5. The van der Waals surface area contributed by atoms with E-state index in [4.69, 9.17) is 27.9 Å². The van der Waals surface area contributed by atoms with Gasteiger partial charge in [-0.15, -0.1) is 0 Å². The Morgan fingerprint density at radius 1 is 1.32 bits per heavy atom. The lowest BCUT2D eigenvalue weighted by Gasteiger charge is -2.09. The van der Waals surface area contributed by atoms with E-state index in [1.807, 2.05) is 0 Å². The normalized spacial score (nSPS) is 11.2. The monoisotopic (exact) mass is 363 g/mol. The maximum Gasteiger partial charge on any atom is 0.342 e. The number of nitrogens with one attached hydrogen (secondary N) is 2. The molecule has 0 aliphatic heterocycles. The van der Waals surface area contributed by atoms with Gasteiger partial charge in [0.15, 0.2) is 5.03 Å². The summed E-state index contributed by atoms with van der Waals surface area (Å²) in [6.07, 6.45) is 1.08. The van der Waals surface area contributed by atoms with Gasteiger partial charge in [0.05, 0.1) is 18.5 Å². The number of ether oxygens (including phenoxy) is 1. The predicted molar refractivity (Wildman–Crippen MR) is 81.8 cm³/mol. The molecule has 0 bridgehead atoms. The van der Waals surface area contributed by atoms with Crippen molar-refractivity contribution in [1.29, 1.82) is 0 Å². The van der Waals surface area contributed by atoms with Gasteiger partial charge in [0.2, 0.25) is 0 Å². The van der Waals surface area contributed by atoms with Gasteiger partial charge < -0.3 is 4.74 Å². The number of H-pyrrole nitrogens is 1. The van der Waals surface area contributed by atoms with Crippen molar-refractivity contribution in [2.75, 3.05) is 11.3 Å². The molecule has 2 aromatic rings. The summed E-state index contributed by atoms with van der Waals surface area (Å²) in [7, 11) is -4.08. The minimum absolute atomic E-state index is 0.112. The number of carbonyl (C=O) groups is 1. The fraction of sp³-hybridized carbons (Fsp3) is 0.167. The Balaban J connectivity index is 2.35. The first-order valence-corrected chi connectivity index (χ1v) is 8.27. The minimum atomic E-state index is -4.08. The van der Waals surface area contributed by atoms with E-state index < -0.39 is 21.0 Å². The van der Waals surface area contributed by atoms with Crippen LogP contribution in [0.15, 0.2) is 29.4 Å². The summed E-state index contributed by atoms with van der Waals surface area (Å²) in [4.78, 5) is 11.7. The van der Waals surface area contributed by atoms with Gasteiger partial charge in [-0.2, -0.15) is 13.5 Å². The van der Waals surface area contributed by atoms with E-state index in [0.29, 0.717) is 0 Å². The molecule has 0 atom stereocenters. The lowest BCUT2D eigenvalue weighted by Crippen LogP contribution is -2.17. The van der Waals surface area contributed by atoms with E-state index >= 15 is 0 Å². The SMILES string of the molecule is CCOC(=O)c1cn[nH]c1S(=O)(=O)Nc1cc(Cl)cc(Cl)c1. The van der Waals surface area contributed by atoms with Crippen molar-refractivity contribution in [3.05, 3.63) is 40.0 Å². The molecule has 0 unspecified atom stereocenters. The number of halogens is 2. The molecule has 2 rings (SSSR count). The molecule has 0 fully saturated rings. The summed E-state index contributed by atoms with van der Waals surface area (Å²) in [6.45, 7) is 1.72. The third-order valence-corrected chi connectivity index (χ3v) is 4.27. The Labute approximate surface area is 136 Å². The second-order valence-electron chi connectivity index (χ2n) is 4.10. The lowest BCUT2D eigenvalue weighted by molar-refractivity contribution is 0.0522. The summed E-state index contributed by atoms with van der Waals surface area (Å²) >= 11 is 11.6. The molecular formula is C12H11Cl2N3O4S. The third-order valence-electron chi connectivity index (χ3n) is 2.48. The largest absolute Gasteiger partial charge is 0.462 e. The van der Waals surface area contributed by atoms with Crippen LogP contribution < -0.4 is 4.72 Å². The van der Waals surface area contributed by atoms with Crippen LogP contribution in [-0.2, 0) is 14.8 Å². The van der Waals surface area contributed by atoms with Crippen molar-refractivity contribution in [3.63, 3.8) is 0 Å². The van der Waals surface area contributed by atoms with E-state index in [1.54, 1.807) is 6.92 Å². The summed E-state index contributed by atoms with van der Waals surface area (Å²) in [6, 6.07) is 4.22. The number of hydrogen-bond acceptors (Lipinski definition) is 5. The number of carbonyl (C=O) groups excluding carboxylic acids is 1. The zero-order valence-corrected chi connectivity index (χ0v) is 13.6. The predicted octanol–water partition coefficient (Wildman–Crippen LogP) is 2.69. The summed E-state index contributed by atoms with van der Waals surface area (Å²) in [5.41, 5.74) is -0.0376. The van der Waals surface area contributed by atoms with Crippen LogP contribution in [0, 0.1) is 0 Å². The number of hydrogen-bond donors (Lipinski definition) is 2. The highest BCUT2D eigenvalue weighted by molar-refractivity contribution is 7.92. The second-order valence-corrected chi connectivity index (χ2v) is 6.59. The van der Waals surface area contributed by atoms with Gasteiger partial charge in [-0.05, 0) is 25.1 Å². The van der Waals surface area contributed by atoms with Crippen molar-refractivity contribution in [1.82, 2.24) is 10.2 Å². The molecule has 7 nitrogen and oxygen atoms in total. The first-order chi connectivity index (χ1) is 10.3. The molecule has 1 aromatic heterocycles. The Morgan fingerprint density at radius 3 is 2.55 bits per heavy atom. The first-order valence-electron chi connectivity index (χ1n) is 6.03. The van der Waals surface area contributed by atoms with Crippen LogP contribution in [0.2, 0.25) is 10.0 Å². The van der Waals surface area contributed by atoms with Gasteiger partial charge in [0.1, 0.15) is 5.56 Å². The topological polar surface area (TPSA) is 101 Å². The summed E-state index contributed by atoms with van der Waals surface area (Å²) in [5, 5.41) is 5.97. The zero-order valence-electron chi connectivity index (χ0n) is 11.3. The van der Waals surface area contributed by atoms with Crippen LogP contribution in [-0.4, -0.2) is 31.2 Å². The molecule has 0 spiro atoms. The number of esters is 1. The van der Waals surface area contributed by atoms with Crippen LogP contribution in [0.4, 0.5) is 5.69 Å². The van der Waals surface area contributed by atoms with Gasteiger partial charge in [0.25, 0.3) is 10.0 Å². The zero-order chi connectivity index (χ0) is 16.3. The quantitative estimate of drug-likeness (QED) is 0.795. The van der Waals surface area contributed by atoms with Crippen LogP contribution in [0.25, 0.3) is 0 Å². The van der Waals surface area contributed by atoms with Crippen LogP contribution in [0.1, 0.15) is 17.3 Å². The van der Waals surface area contributed by atoms with Gasteiger partial charge in [-0.1, -0.05) is 23.2 Å². The molecule has 0 aliphatic rings. The van der Waals surface area contributed by atoms with Gasteiger partial charge in [-0.3, -0.25) is 9.82 Å². The van der Waals surface area contributed by atoms with Crippen molar-refractivity contribution in [2.24, 2.45) is 0 Å². The fourth-order valence-corrected chi connectivity index (χ4v) is 3.31. The third kappa shape index (κ3) is 3.70. The highest BCUT2D eigenvalue weighted by atomic mass is 35.5. The Bertz CT molecular complexity index is 784. The van der Waals surface area contributed by atoms with Gasteiger partial charge in [-0.25, -0.2) is 4.79 Å². The second kappa shape index (κ2) is 6.55. The Kier molecular flexibility index (Phi) is 4.94. The molecule has 1 aromatic carbocycles. The molecule has 1 heterocycles. The molecule has 0 radical (unpaired) electrons. The molecule has 0 amide bonds. The maximum absolute atomic E-state index is 12.3. The van der Waals surface area contributed by atoms with Crippen molar-refractivity contribution in [2.45, 2.75) is 11.9 Å². The molecule has 22 heavy (non-hydrogen) atoms. The minimum Gasteiger partial charge on any atom is -0.462 e. The van der Waals surface area contributed by atoms with Gasteiger partial charge in [0, 0.05) is 10.0 Å². The van der Waals surface area contributed by atoms with Crippen LogP contribution in [0.3, 0.4) is 0 Å². The standard InChI is InChI=1S/C12H11Cl2N3O4S/c1-2-21-12(18)10-6-15-16-11(10)22(19,20)17-9-4-7(13)3-8(14)5-9/h3-6,17H,2H2,1H3,(H,15,16). The maximum atomic E-state index is 12.3. The van der Waals surface area contributed by atoms with E-state index in [-0.39, 0.29) is 27.9 Å². The number of aromatic nitrogens is 2.